The Balaban J connectivity index is 2.67. The van der Waals surface area contributed by atoms with Gasteiger partial charge < -0.3 is 14.8 Å². The summed E-state index contributed by atoms with van der Waals surface area (Å²) in [5, 5.41) is 10.3. The zero-order valence-electron chi connectivity index (χ0n) is 10.0. The van der Waals surface area contributed by atoms with Gasteiger partial charge in [-0.25, -0.2) is 0 Å². The Morgan fingerprint density at radius 2 is 1.30 bits per heavy atom. The van der Waals surface area contributed by atoms with Crippen LogP contribution in [0.3, 0.4) is 0 Å². The third-order valence-corrected chi connectivity index (χ3v) is 4.88. The van der Waals surface area contributed by atoms with E-state index in [9.17, 15) is 14.7 Å². The number of likely N-dealkylation sites (tertiary alicyclic amines) is 1. The standard InChI is InChI=1S/C12H9Cl4NO3/c13-7-5(11(18)17-3-1-2-4-17)6(12(19)20)8(14)10(16)9(7)15/h1-4H2,(H,19,20)/p-1. The summed E-state index contributed by atoms with van der Waals surface area (Å²) in [7, 11) is 0. The van der Waals surface area contributed by atoms with Crippen molar-refractivity contribution in [3.8, 4) is 0 Å². The summed E-state index contributed by atoms with van der Waals surface area (Å²) in [5.41, 5.74) is -0.795. The van der Waals surface area contributed by atoms with E-state index < -0.39 is 17.4 Å². The van der Waals surface area contributed by atoms with Crippen LogP contribution >= 0.6 is 46.4 Å². The summed E-state index contributed by atoms with van der Waals surface area (Å²) in [6.45, 7) is 1.05. The number of carbonyl (C=O) groups is 2. The molecule has 4 nitrogen and oxygen atoms in total. The molecule has 8 heteroatoms. The van der Waals surface area contributed by atoms with E-state index in [1.807, 2.05) is 0 Å². The maximum Gasteiger partial charge on any atom is 0.256 e. The van der Waals surface area contributed by atoms with Gasteiger partial charge in [0.1, 0.15) is 0 Å². The van der Waals surface area contributed by atoms with Crippen LogP contribution in [-0.4, -0.2) is 29.9 Å². The molecule has 0 unspecified atom stereocenters. The van der Waals surface area contributed by atoms with Crippen molar-refractivity contribution in [1.82, 2.24) is 4.90 Å². The van der Waals surface area contributed by atoms with Gasteiger partial charge in [0.25, 0.3) is 5.91 Å². The van der Waals surface area contributed by atoms with Crippen LogP contribution in [0.2, 0.25) is 20.1 Å². The molecule has 0 atom stereocenters. The summed E-state index contributed by atoms with van der Waals surface area (Å²) < 4.78 is 0. The lowest BCUT2D eigenvalue weighted by Crippen LogP contribution is -2.32. The molecule has 1 aliphatic heterocycles. The van der Waals surface area contributed by atoms with E-state index in [0.717, 1.165) is 12.8 Å². The highest BCUT2D eigenvalue weighted by atomic mass is 35.5. The monoisotopic (exact) mass is 354 g/mol. The summed E-state index contributed by atoms with van der Waals surface area (Å²) in [4.78, 5) is 25.1. The molecule has 1 heterocycles. The van der Waals surface area contributed by atoms with Crippen LogP contribution in [0.15, 0.2) is 0 Å². The van der Waals surface area contributed by atoms with E-state index in [1.54, 1.807) is 0 Å². The molecule has 0 bridgehead atoms. The lowest BCUT2D eigenvalue weighted by Gasteiger charge is -2.21. The number of carbonyl (C=O) groups excluding carboxylic acids is 2. The fourth-order valence-corrected chi connectivity index (χ4v) is 3.11. The molecule has 0 aromatic heterocycles. The van der Waals surface area contributed by atoms with Crippen molar-refractivity contribution in [2.75, 3.05) is 13.1 Å². The second kappa shape index (κ2) is 5.98. The van der Waals surface area contributed by atoms with Gasteiger partial charge >= 0.3 is 0 Å². The van der Waals surface area contributed by atoms with Crippen LogP contribution in [-0.2, 0) is 0 Å². The molecule has 108 valence electrons. The highest BCUT2D eigenvalue weighted by molar-refractivity contribution is 6.54. The zero-order chi connectivity index (χ0) is 15.0. The van der Waals surface area contributed by atoms with Crippen LogP contribution in [0.4, 0.5) is 0 Å². The molecule has 0 spiro atoms. The van der Waals surface area contributed by atoms with Crippen molar-refractivity contribution in [2.24, 2.45) is 0 Å². The smallest absolute Gasteiger partial charge is 0.256 e. The number of carboxylic acids is 1. The van der Waals surface area contributed by atoms with Crippen molar-refractivity contribution in [1.29, 1.82) is 0 Å². The van der Waals surface area contributed by atoms with Gasteiger partial charge in [-0.1, -0.05) is 46.4 Å². The molecule has 0 aliphatic carbocycles. The molecule has 1 fully saturated rings. The Kier molecular flexibility index (Phi) is 4.69. The SMILES string of the molecule is O=C([O-])c1c(Cl)c(Cl)c(Cl)c(Cl)c1C(=O)N1CCCC1. The van der Waals surface area contributed by atoms with Crippen molar-refractivity contribution >= 4 is 58.3 Å². The maximum absolute atomic E-state index is 12.4. The number of benzene rings is 1. The fraction of sp³-hybridized carbons (Fsp3) is 0.333. The van der Waals surface area contributed by atoms with E-state index in [-0.39, 0.29) is 25.7 Å². The quantitative estimate of drug-likeness (QED) is 0.605. The van der Waals surface area contributed by atoms with E-state index in [0.29, 0.717) is 13.1 Å². The highest BCUT2D eigenvalue weighted by Gasteiger charge is 2.29. The van der Waals surface area contributed by atoms with Crippen LogP contribution in [0.5, 0.6) is 0 Å². The van der Waals surface area contributed by atoms with Crippen LogP contribution in [0, 0.1) is 0 Å². The number of halogens is 4. The third kappa shape index (κ3) is 2.58. The van der Waals surface area contributed by atoms with Crippen LogP contribution in [0.1, 0.15) is 33.6 Å². The Morgan fingerprint density at radius 3 is 1.75 bits per heavy atom. The van der Waals surface area contributed by atoms with Crippen molar-refractivity contribution in [3.63, 3.8) is 0 Å². The second-order valence-corrected chi connectivity index (χ2v) is 5.80. The Labute approximate surface area is 135 Å². The van der Waals surface area contributed by atoms with Gasteiger partial charge in [-0.15, -0.1) is 0 Å². The lowest BCUT2D eigenvalue weighted by molar-refractivity contribution is -0.255. The Hall–Kier alpha value is -0.680. The molecular formula is C12H8Cl4NO3-. The molecule has 1 aromatic carbocycles. The topological polar surface area (TPSA) is 60.4 Å². The normalized spacial score (nSPS) is 14.7. The molecule has 1 saturated heterocycles. The molecule has 0 saturated carbocycles. The number of hydrogen-bond donors (Lipinski definition) is 0. The number of hydrogen-bond acceptors (Lipinski definition) is 3. The molecule has 1 aromatic rings. The molecule has 0 N–H and O–H groups in total. The molecule has 0 radical (unpaired) electrons. The molecule has 20 heavy (non-hydrogen) atoms. The van der Waals surface area contributed by atoms with Gasteiger partial charge in [-0.05, 0) is 12.8 Å². The lowest BCUT2D eigenvalue weighted by atomic mass is 10.1. The largest absolute Gasteiger partial charge is 0.545 e. The number of rotatable bonds is 2. The summed E-state index contributed by atoms with van der Waals surface area (Å²) in [6.07, 6.45) is 1.69. The summed E-state index contributed by atoms with van der Waals surface area (Å²) in [6, 6.07) is 0. The molecular weight excluding hydrogens is 348 g/mol. The number of amides is 1. The Bertz CT molecular complexity index is 597. The molecule has 1 aliphatic rings. The minimum atomic E-state index is -1.63. The van der Waals surface area contributed by atoms with Gasteiger partial charge in [-0.3, -0.25) is 4.79 Å². The average molecular weight is 356 g/mol. The minimum Gasteiger partial charge on any atom is -0.545 e. The first-order valence-electron chi connectivity index (χ1n) is 5.72. The van der Waals surface area contributed by atoms with Gasteiger partial charge in [0.15, 0.2) is 0 Å². The molecule has 2 rings (SSSR count). The van der Waals surface area contributed by atoms with Gasteiger partial charge in [0.05, 0.1) is 31.6 Å². The maximum atomic E-state index is 12.4. The van der Waals surface area contributed by atoms with E-state index in [2.05, 4.69) is 0 Å². The zero-order valence-corrected chi connectivity index (χ0v) is 13.0. The Morgan fingerprint density at radius 1 is 0.850 bits per heavy atom. The number of carboxylic acid groups (broad SMARTS) is 1. The first-order chi connectivity index (χ1) is 9.36. The first kappa shape index (κ1) is 15.7. The van der Waals surface area contributed by atoms with Crippen molar-refractivity contribution in [2.45, 2.75) is 12.8 Å². The van der Waals surface area contributed by atoms with Gasteiger partial charge in [0.2, 0.25) is 0 Å². The van der Waals surface area contributed by atoms with E-state index >= 15 is 0 Å². The summed E-state index contributed by atoms with van der Waals surface area (Å²) >= 11 is 23.5. The van der Waals surface area contributed by atoms with E-state index in [4.69, 9.17) is 46.4 Å². The number of aromatic carboxylic acids is 1. The van der Waals surface area contributed by atoms with Crippen LogP contribution < -0.4 is 5.11 Å². The van der Waals surface area contributed by atoms with Crippen LogP contribution in [0.25, 0.3) is 0 Å². The fourth-order valence-electron chi connectivity index (χ4n) is 2.10. The third-order valence-electron chi connectivity index (χ3n) is 3.08. The minimum absolute atomic E-state index is 0.147. The number of nitrogens with zero attached hydrogens (tertiary/aromatic N) is 1. The predicted molar refractivity (Wildman–Crippen MR) is 76.0 cm³/mol. The van der Waals surface area contributed by atoms with E-state index in [1.165, 1.54) is 4.90 Å². The van der Waals surface area contributed by atoms with Gasteiger partial charge in [0, 0.05) is 18.7 Å². The molecule has 1 amide bonds. The second-order valence-electron chi connectivity index (χ2n) is 4.29. The average Bonchev–Trinajstić information content (AvgIpc) is 2.93. The predicted octanol–water partition coefficient (Wildman–Crippen LogP) is 2.90. The van der Waals surface area contributed by atoms with Gasteiger partial charge in [-0.2, -0.15) is 0 Å². The van der Waals surface area contributed by atoms with Crippen molar-refractivity contribution in [3.05, 3.63) is 31.2 Å². The summed E-state index contributed by atoms with van der Waals surface area (Å²) in [5.74, 6) is -2.16. The highest BCUT2D eigenvalue weighted by Crippen LogP contribution is 2.42. The first-order valence-corrected chi connectivity index (χ1v) is 7.24. The van der Waals surface area contributed by atoms with Crippen molar-refractivity contribution < 1.29 is 14.7 Å².